The van der Waals surface area contributed by atoms with Crippen molar-refractivity contribution in [1.29, 1.82) is 0 Å². The van der Waals surface area contributed by atoms with Crippen molar-refractivity contribution < 1.29 is 28.6 Å². The van der Waals surface area contributed by atoms with Crippen LogP contribution in [0.4, 0.5) is 0 Å². The zero-order chi connectivity index (χ0) is 21.6. The van der Waals surface area contributed by atoms with Crippen LogP contribution >= 0.6 is 34.8 Å². The molecule has 0 bridgehead atoms. The highest BCUT2D eigenvalue weighted by molar-refractivity contribution is 14.1. The van der Waals surface area contributed by atoms with Gasteiger partial charge in [-0.2, -0.15) is 0 Å². The molecule has 0 aromatic heterocycles. The average molecular weight is 530 g/mol. The minimum Gasteiger partial charge on any atom is -0.490 e. The third-order valence-electron chi connectivity index (χ3n) is 3.70. The highest BCUT2D eigenvalue weighted by Crippen LogP contribution is 2.35. The molecule has 0 spiro atoms. The molecule has 1 aliphatic rings. The first-order valence-electron chi connectivity index (χ1n) is 8.48. The summed E-state index contributed by atoms with van der Waals surface area (Å²) in [5, 5.41) is 2.53. The van der Waals surface area contributed by atoms with Crippen LogP contribution in [-0.4, -0.2) is 54.7 Å². The highest BCUT2D eigenvalue weighted by atomic mass is 127. The molecule has 8 nitrogen and oxygen atoms in total. The third kappa shape index (κ3) is 5.54. The summed E-state index contributed by atoms with van der Waals surface area (Å²) in [6.07, 6.45) is 2.97. The van der Waals surface area contributed by atoms with E-state index in [1.54, 1.807) is 19.1 Å². The maximum Gasteiger partial charge on any atom is 0.343 e. The molecule has 1 saturated heterocycles. The minimum absolute atomic E-state index is 0.0354. The Labute approximate surface area is 187 Å². The Bertz CT molecular complexity index is 899. The lowest BCUT2D eigenvalue weighted by molar-refractivity contribution is -0.143. The van der Waals surface area contributed by atoms with Crippen LogP contribution in [0.1, 0.15) is 12.5 Å². The molecular formula is C19H19IN2O6S. The smallest absolute Gasteiger partial charge is 0.343 e. The Kier molecular flexibility index (Phi) is 8.14. The van der Waals surface area contributed by atoms with Gasteiger partial charge in [-0.1, -0.05) is 6.08 Å². The topological polar surface area (TPSA) is 94.2 Å². The van der Waals surface area contributed by atoms with Gasteiger partial charge in [-0.3, -0.25) is 19.8 Å². The van der Waals surface area contributed by atoms with Gasteiger partial charge in [0.05, 0.1) is 17.3 Å². The summed E-state index contributed by atoms with van der Waals surface area (Å²) in [5.74, 6) is -0.889. The fourth-order valence-corrected chi connectivity index (χ4v) is 3.45. The molecular weight excluding hydrogens is 511 g/mol. The van der Waals surface area contributed by atoms with Gasteiger partial charge in [-0.25, -0.2) is 4.79 Å². The number of halogens is 1. The molecule has 154 valence electrons. The number of esters is 1. The normalized spacial score (nSPS) is 15.2. The second kappa shape index (κ2) is 10.3. The van der Waals surface area contributed by atoms with E-state index in [2.05, 4.69) is 16.6 Å². The van der Waals surface area contributed by atoms with Crippen molar-refractivity contribution in [3.8, 4) is 11.5 Å². The molecule has 0 unspecified atom stereocenters. The number of hydrogen-bond acceptors (Lipinski definition) is 7. The fraction of sp³-hybridized carbons (Fsp3) is 0.263. The second-order valence-electron chi connectivity index (χ2n) is 5.65. The quantitative estimate of drug-likeness (QED) is 0.137. The third-order valence-corrected chi connectivity index (χ3v) is 4.83. The Morgan fingerprint density at radius 1 is 1.34 bits per heavy atom. The van der Waals surface area contributed by atoms with Crippen molar-refractivity contribution in [3.05, 3.63) is 39.5 Å². The maximum absolute atomic E-state index is 12.7. The van der Waals surface area contributed by atoms with Gasteiger partial charge in [0.2, 0.25) is 0 Å². The fourth-order valence-electron chi connectivity index (χ4n) is 2.42. The Hall–Kier alpha value is -2.47. The highest BCUT2D eigenvalue weighted by Gasteiger charge is 2.32. The van der Waals surface area contributed by atoms with E-state index in [0.717, 1.165) is 0 Å². The number of methoxy groups -OCH3 is 1. The largest absolute Gasteiger partial charge is 0.490 e. The lowest BCUT2D eigenvalue weighted by Crippen LogP contribution is -2.53. The number of thiocarbonyl (C=S) groups is 1. The Morgan fingerprint density at radius 2 is 2.07 bits per heavy atom. The number of rotatable bonds is 8. The molecule has 2 rings (SSSR count). The number of nitrogens with one attached hydrogen (secondary N) is 1. The number of carbonyl (C=O) groups is 3. The SMILES string of the molecule is C=CCN1C(=O)/C(=C/c2cc(I)c(OCC(=O)OC)c(OCC)c2)C(=O)NC1=S. The molecule has 1 N–H and O–H groups in total. The number of carbonyl (C=O) groups excluding carboxylic acids is 3. The summed E-state index contributed by atoms with van der Waals surface area (Å²) < 4.78 is 16.3. The van der Waals surface area contributed by atoms with Crippen molar-refractivity contribution in [2.45, 2.75) is 6.92 Å². The summed E-state index contributed by atoms with van der Waals surface area (Å²) in [4.78, 5) is 37.6. The molecule has 1 aromatic carbocycles. The predicted molar refractivity (Wildman–Crippen MR) is 118 cm³/mol. The summed E-state index contributed by atoms with van der Waals surface area (Å²) in [6, 6.07) is 3.32. The van der Waals surface area contributed by atoms with Crippen LogP contribution in [0.25, 0.3) is 6.08 Å². The van der Waals surface area contributed by atoms with Crippen LogP contribution in [-0.2, 0) is 19.1 Å². The number of ether oxygens (including phenoxy) is 3. The van der Waals surface area contributed by atoms with Gasteiger partial charge < -0.3 is 14.2 Å². The first kappa shape index (κ1) is 22.8. The Balaban J connectivity index is 2.42. The molecule has 29 heavy (non-hydrogen) atoms. The monoisotopic (exact) mass is 530 g/mol. The van der Waals surface area contributed by atoms with E-state index in [-0.39, 0.29) is 23.8 Å². The molecule has 0 radical (unpaired) electrons. The van der Waals surface area contributed by atoms with E-state index >= 15 is 0 Å². The van der Waals surface area contributed by atoms with Crippen molar-refractivity contribution >= 4 is 63.8 Å². The zero-order valence-electron chi connectivity index (χ0n) is 15.8. The molecule has 1 fully saturated rings. The predicted octanol–water partition coefficient (Wildman–Crippen LogP) is 2.05. The lowest BCUT2D eigenvalue weighted by atomic mass is 10.1. The average Bonchev–Trinajstić information content (AvgIpc) is 2.67. The van der Waals surface area contributed by atoms with E-state index in [4.69, 9.17) is 21.7 Å². The first-order valence-corrected chi connectivity index (χ1v) is 9.96. The van der Waals surface area contributed by atoms with Crippen LogP contribution in [0.5, 0.6) is 11.5 Å². The van der Waals surface area contributed by atoms with Gasteiger partial charge in [-0.05, 0) is 65.5 Å². The summed E-state index contributed by atoms with van der Waals surface area (Å²) in [6.45, 7) is 5.65. The van der Waals surface area contributed by atoms with Gasteiger partial charge in [0.15, 0.2) is 23.2 Å². The minimum atomic E-state index is -0.584. The van der Waals surface area contributed by atoms with E-state index < -0.39 is 17.8 Å². The van der Waals surface area contributed by atoms with Gasteiger partial charge in [0, 0.05) is 6.54 Å². The van der Waals surface area contributed by atoms with E-state index in [1.807, 2.05) is 22.6 Å². The summed E-state index contributed by atoms with van der Waals surface area (Å²) in [7, 11) is 1.27. The van der Waals surface area contributed by atoms with Gasteiger partial charge in [0.1, 0.15) is 5.57 Å². The number of hydrogen-bond donors (Lipinski definition) is 1. The molecule has 10 heteroatoms. The Morgan fingerprint density at radius 3 is 2.69 bits per heavy atom. The lowest BCUT2D eigenvalue weighted by Gasteiger charge is -2.27. The van der Waals surface area contributed by atoms with Crippen molar-refractivity contribution in [1.82, 2.24) is 10.2 Å². The van der Waals surface area contributed by atoms with Crippen LogP contribution in [0.15, 0.2) is 30.4 Å². The zero-order valence-corrected chi connectivity index (χ0v) is 18.8. The van der Waals surface area contributed by atoms with Crippen molar-refractivity contribution in [2.75, 3.05) is 26.9 Å². The van der Waals surface area contributed by atoms with E-state index in [9.17, 15) is 14.4 Å². The molecule has 1 aromatic rings. The summed E-state index contributed by atoms with van der Waals surface area (Å²) >= 11 is 7.06. The van der Waals surface area contributed by atoms with Gasteiger partial charge >= 0.3 is 5.97 Å². The molecule has 0 atom stereocenters. The van der Waals surface area contributed by atoms with Gasteiger partial charge in [-0.15, -0.1) is 6.58 Å². The maximum atomic E-state index is 12.7. The molecule has 0 saturated carbocycles. The van der Waals surface area contributed by atoms with E-state index in [1.165, 1.54) is 24.2 Å². The number of benzene rings is 1. The van der Waals surface area contributed by atoms with Crippen molar-refractivity contribution in [3.63, 3.8) is 0 Å². The molecule has 0 aliphatic carbocycles. The summed E-state index contributed by atoms with van der Waals surface area (Å²) in [5.41, 5.74) is 0.482. The number of nitrogens with zero attached hydrogens (tertiary/aromatic N) is 1. The second-order valence-corrected chi connectivity index (χ2v) is 7.20. The van der Waals surface area contributed by atoms with Crippen LogP contribution in [0.3, 0.4) is 0 Å². The molecule has 1 aliphatic heterocycles. The molecule has 2 amide bonds. The van der Waals surface area contributed by atoms with Crippen molar-refractivity contribution in [2.24, 2.45) is 0 Å². The molecule has 1 heterocycles. The van der Waals surface area contributed by atoms with Crippen LogP contribution in [0, 0.1) is 3.57 Å². The van der Waals surface area contributed by atoms with Gasteiger partial charge in [0.25, 0.3) is 11.8 Å². The van der Waals surface area contributed by atoms with E-state index in [0.29, 0.717) is 27.2 Å². The standard InChI is InChI=1S/C19H19IN2O6S/c1-4-6-22-18(25)12(17(24)21-19(22)29)7-11-8-13(20)16(14(9-11)27-5-2)28-10-15(23)26-3/h4,7-9H,1,5-6,10H2,2-3H3,(H,21,24,29)/b12-7+. The number of amides is 2. The van der Waals surface area contributed by atoms with Crippen LogP contribution < -0.4 is 14.8 Å². The first-order chi connectivity index (χ1) is 13.8. The van der Waals surface area contributed by atoms with Crippen LogP contribution in [0.2, 0.25) is 0 Å².